The molecule has 0 aromatic heterocycles. The molecule has 2 fully saturated rings. The van der Waals surface area contributed by atoms with Crippen molar-refractivity contribution in [2.45, 2.75) is 43.7 Å². The number of rotatable bonds is 3. The van der Waals surface area contributed by atoms with Crippen LogP contribution in [-0.2, 0) is 4.79 Å². The summed E-state index contributed by atoms with van der Waals surface area (Å²) in [4.78, 5) is 25.1. The summed E-state index contributed by atoms with van der Waals surface area (Å²) in [7, 11) is 2.02. The Morgan fingerprint density at radius 1 is 1.33 bits per heavy atom. The van der Waals surface area contributed by atoms with Gasteiger partial charge < -0.3 is 20.6 Å². The van der Waals surface area contributed by atoms with Crippen LogP contribution >= 0.6 is 0 Å². The van der Waals surface area contributed by atoms with Crippen molar-refractivity contribution in [1.82, 2.24) is 15.5 Å². The monoisotopic (exact) mass is 255 g/mol. The lowest BCUT2D eigenvalue weighted by Crippen LogP contribution is -2.62. The topological polar surface area (TPSA) is 81.7 Å². The molecule has 0 bridgehead atoms. The van der Waals surface area contributed by atoms with Crippen molar-refractivity contribution in [3.63, 3.8) is 0 Å². The first-order valence-electron chi connectivity index (χ1n) is 6.52. The normalized spacial score (nSPS) is 27.1. The molecule has 1 atom stereocenters. The molecular weight excluding hydrogens is 234 g/mol. The van der Waals surface area contributed by atoms with Gasteiger partial charge in [-0.3, -0.25) is 0 Å². The van der Waals surface area contributed by atoms with Crippen LogP contribution in [0, 0.1) is 0 Å². The van der Waals surface area contributed by atoms with Gasteiger partial charge in [0.2, 0.25) is 0 Å². The van der Waals surface area contributed by atoms with Gasteiger partial charge in [-0.15, -0.1) is 0 Å². The second-order valence-corrected chi connectivity index (χ2v) is 5.44. The Hall–Kier alpha value is -1.30. The third-order valence-corrected chi connectivity index (χ3v) is 3.93. The van der Waals surface area contributed by atoms with E-state index < -0.39 is 11.5 Å². The predicted molar refractivity (Wildman–Crippen MR) is 66.4 cm³/mol. The van der Waals surface area contributed by atoms with Gasteiger partial charge >= 0.3 is 12.0 Å². The summed E-state index contributed by atoms with van der Waals surface area (Å²) in [5, 5.41) is 14.6. The summed E-state index contributed by atoms with van der Waals surface area (Å²) in [5.74, 6) is -0.926. The number of hydrogen-bond acceptors (Lipinski definition) is 3. The third kappa shape index (κ3) is 2.75. The molecule has 0 radical (unpaired) electrons. The van der Waals surface area contributed by atoms with Gasteiger partial charge in [-0.1, -0.05) is 0 Å². The number of carbonyl (C=O) groups is 2. The first kappa shape index (κ1) is 13.1. The van der Waals surface area contributed by atoms with Crippen molar-refractivity contribution in [3.05, 3.63) is 0 Å². The van der Waals surface area contributed by atoms with Crippen LogP contribution in [0.4, 0.5) is 4.79 Å². The molecule has 0 spiro atoms. The van der Waals surface area contributed by atoms with Crippen LogP contribution in [0.5, 0.6) is 0 Å². The van der Waals surface area contributed by atoms with Gasteiger partial charge in [-0.05, 0) is 45.7 Å². The summed E-state index contributed by atoms with van der Waals surface area (Å²) in [6, 6.07) is -0.230. The van der Waals surface area contributed by atoms with Crippen molar-refractivity contribution in [1.29, 1.82) is 0 Å². The van der Waals surface area contributed by atoms with Crippen LogP contribution in [0.3, 0.4) is 0 Å². The van der Waals surface area contributed by atoms with Gasteiger partial charge in [0.1, 0.15) is 5.54 Å². The molecular formula is C12H21N3O3. The minimum atomic E-state index is -1.02. The number of carboxylic acid groups (broad SMARTS) is 1. The lowest BCUT2D eigenvalue weighted by Gasteiger charge is -2.39. The minimum absolute atomic E-state index is 0.120. The molecule has 2 rings (SSSR count). The molecule has 2 aliphatic rings. The number of nitrogens with zero attached hydrogens (tertiary/aromatic N) is 1. The van der Waals surface area contributed by atoms with E-state index in [1.807, 2.05) is 7.05 Å². The Balaban J connectivity index is 1.83. The molecule has 1 saturated heterocycles. The van der Waals surface area contributed by atoms with Crippen LogP contribution in [0.15, 0.2) is 0 Å². The molecule has 1 aliphatic carbocycles. The van der Waals surface area contributed by atoms with E-state index in [9.17, 15) is 9.59 Å². The molecule has 6 heteroatoms. The summed E-state index contributed by atoms with van der Waals surface area (Å²) in [6.07, 6.45) is 3.93. The molecule has 1 unspecified atom stereocenters. The molecule has 0 aromatic rings. The molecule has 2 amide bonds. The van der Waals surface area contributed by atoms with E-state index in [4.69, 9.17) is 5.11 Å². The van der Waals surface area contributed by atoms with Crippen LogP contribution in [0.1, 0.15) is 32.1 Å². The number of nitrogens with one attached hydrogen (secondary N) is 2. The fourth-order valence-electron chi connectivity index (χ4n) is 2.65. The van der Waals surface area contributed by atoms with Crippen LogP contribution in [0.25, 0.3) is 0 Å². The lowest BCUT2D eigenvalue weighted by molar-refractivity contribution is -0.148. The quantitative estimate of drug-likeness (QED) is 0.681. The van der Waals surface area contributed by atoms with Gasteiger partial charge in [0.15, 0.2) is 0 Å². The molecule has 18 heavy (non-hydrogen) atoms. The van der Waals surface area contributed by atoms with Gasteiger partial charge in [-0.25, -0.2) is 9.59 Å². The highest BCUT2D eigenvalue weighted by atomic mass is 16.4. The van der Waals surface area contributed by atoms with E-state index >= 15 is 0 Å². The van der Waals surface area contributed by atoms with Crippen molar-refractivity contribution in [2.75, 3.05) is 20.1 Å². The number of carbonyl (C=O) groups excluding carboxylic acids is 1. The average Bonchev–Trinajstić information content (AvgIpc) is 2.23. The molecule has 3 N–H and O–H groups in total. The Kier molecular flexibility index (Phi) is 3.75. The maximum absolute atomic E-state index is 11.8. The van der Waals surface area contributed by atoms with Gasteiger partial charge in [-0.2, -0.15) is 0 Å². The molecule has 1 aliphatic heterocycles. The van der Waals surface area contributed by atoms with E-state index in [1.54, 1.807) is 0 Å². The Bertz CT molecular complexity index is 341. The fraction of sp³-hybridized carbons (Fsp3) is 0.833. The average molecular weight is 255 g/mol. The largest absolute Gasteiger partial charge is 0.480 e. The maximum atomic E-state index is 11.8. The van der Waals surface area contributed by atoms with Crippen molar-refractivity contribution in [3.8, 4) is 0 Å². The zero-order chi connectivity index (χ0) is 13.2. The van der Waals surface area contributed by atoms with E-state index in [1.165, 1.54) is 0 Å². The molecule has 1 saturated carbocycles. The minimum Gasteiger partial charge on any atom is -0.480 e. The van der Waals surface area contributed by atoms with E-state index in [2.05, 4.69) is 15.5 Å². The number of piperidine rings is 1. The first-order chi connectivity index (χ1) is 8.52. The zero-order valence-electron chi connectivity index (χ0n) is 10.7. The Morgan fingerprint density at radius 2 is 2.06 bits per heavy atom. The highest BCUT2D eigenvalue weighted by Crippen LogP contribution is 2.31. The van der Waals surface area contributed by atoms with E-state index in [-0.39, 0.29) is 12.1 Å². The van der Waals surface area contributed by atoms with Crippen LogP contribution in [0.2, 0.25) is 0 Å². The molecule has 102 valence electrons. The number of carboxylic acids is 1. The SMILES string of the molecule is CN1CCCC(NC(=O)NC2(C(=O)O)CCC2)C1. The maximum Gasteiger partial charge on any atom is 0.329 e. The number of hydrogen-bond donors (Lipinski definition) is 3. The van der Waals surface area contributed by atoms with E-state index in [0.717, 1.165) is 32.4 Å². The highest BCUT2D eigenvalue weighted by molar-refractivity contribution is 5.87. The molecule has 0 aromatic carbocycles. The third-order valence-electron chi connectivity index (χ3n) is 3.93. The van der Waals surface area contributed by atoms with Crippen molar-refractivity contribution >= 4 is 12.0 Å². The van der Waals surface area contributed by atoms with Crippen molar-refractivity contribution in [2.24, 2.45) is 0 Å². The summed E-state index contributed by atoms with van der Waals surface area (Å²) < 4.78 is 0. The summed E-state index contributed by atoms with van der Waals surface area (Å²) in [5.41, 5.74) is -1.02. The zero-order valence-corrected chi connectivity index (χ0v) is 10.7. The number of likely N-dealkylation sites (tertiary alicyclic amines) is 1. The molecule has 1 heterocycles. The Labute approximate surface area is 107 Å². The second kappa shape index (κ2) is 5.14. The van der Waals surface area contributed by atoms with Crippen LogP contribution < -0.4 is 10.6 Å². The fourth-order valence-corrected chi connectivity index (χ4v) is 2.65. The number of likely N-dealkylation sites (N-methyl/N-ethyl adjacent to an activating group) is 1. The van der Waals surface area contributed by atoms with Gasteiger partial charge in [0.25, 0.3) is 0 Å². The predicted octanol–water partition coefficient (Wildman–Crippen LogP) is 0.387. The van der Waals surface area contributed by atoms with Crippen LogP contribution in [-0.4, -0.2) is 53.7 Å². The smallest absolute Gasteiger partial charge is 0.329 e. The first-order valence-corrected chi connectivity index (χ1v) is 6.52. The number of aliphatic carboxylic acids is 1. The number of urea groups is 1. The van der Waals surface area contributed by atoms with Crippen molar-refractivity contribution < 1.29 is 14.7 Å². The van der Waals surface area contributed by atoms with E-state index in [0.29, 0.717) is 12.8 Å². The summed E-state index contributed by atoms with van der Waals surface area (Å²) in [6.45, 7) is 1.88. The lowest BCUT2D eigenvalue weighted by atomic mass is 9.77. The van der Waals surface area contributed by atoms with Gasteiger partial charge in [0, 0.05) is 12.6 Å². The number of amides is 2. The summed E-state index contributed by atoms with van der Waals surface area (Å²) >= 11 is 0. The Morgan fingerprint density at radius 3 is 2.56 bits per heavy atom. The highest BCUT2D eigenvalue weighted by Gasteiger charge is 2.45. The van der Waals surface area contributed by atoms with Gasteiger partial charge in [0.05, 0.1) is 0 Å². The standard InChI is InChI=1S/C12H21N3O3/c1-15-7-2-4-9(8-15)13-11(18)14-12(10(16)17)5-3-6-12/h9H,2-8H2,1H3,(H,16,17)(H2,13,14,18). The second-order valence-electron chi connectivity index (χ2n) is 5.44. The molecule has 6 nitrogen and oxygen atoms in total.